The lowest BCUT2D eigenvalue weighted by Crippen LogP contribution is -2.30. The molecule has 0 spiro atoms. The van der Waals surface area contributed by atoms with Gasteiger partial charge in [0.2, 0.25) is 0 Å². The van der Waals surface area contributed by atoms with Crippen LogP contribution in [0.15, 0.2) is 64.0 Å². The molecule has 0 radical (unpaired) electrons. The Balaban J connectivity index is 2.13. The first-order chi connectivity index (χ1) is 14.0. The third-order valence-corrected chi connectivity index (χ3v) is 4.58. The number of hydrogen-bond acceptors (Lipinski definition) is 5. The van der Waals surface area contributed by atoms with Gasteiger partial charge < -0.3 is 15.0 Å². The van der Waals surface area contributed by atoms with E-state index in [-0.39, 0.29) is 18.2 Å². The first-order valence-electron chi connectivity index (χ1n) is 9.29. The van der Waals surface area contributed by atoms with Crippen LogP contribution in [0.1, 0.15) is 32.3 Å². The number of oxime groups is 2. The zero-order chi connectivity index (χ0) is 21.2. The highest BCUT2D eigenvalue weighted by Gasteiger charge is 2.21. The molecule has 1 aromatic carbocycles. The summed E-state index contributed by atoms with van der Waals surface area (Å²) >= 11 is 5.93. The van der Waals surface area contributed by atoms with E-state index in [0.29, 0.717) is 11.4 Å². The molecule has 1 N–H and O–H groups in total. The minimum absolute atomic E-state index is 0.233. The maximum atomic E-state index is 12.1. The van der Waals surface area contributed by atoms with Crippen molar-refractivity contribution >= 4 is 34.5 Å². The Bertz CT molecular complexity index is 881. The molecule has 0 fully saturated rings. The molecule has 1 aliphatic carbocycles. The van der Waals surface area contributed by atoms with E-state index in [1.807, 2.05) is 56.3 Å². The fraction of sp³-hybridized carbons (Fsp3) is 0.318. The third-order valence-electron chi connectivity index (χ3n) is 4.33. The van der Waals surface area contributed by atoms with Gasteiger partial charge in [-0.3, -0.25) is 4.79 Å². The van der Waals surface area contributed by atoms with E-state index in [1.165, 1.54) is 7.11 Å². The smallest absolute Gasteiger partial charge is 0.273 e. The fourth-order valence-electron chi connectivity index (χ4n) is 2.90. The molecule has 0 heterocycles. The number of carbonyl (C=O) groups is 1. The molecule has 1 aromatic rings. The molecule has 0 aliphatic heterocycles. The van der Waals surface area contributed by atoms with Crippen LogP contribution < -0.4 is 5.32 Å². The number of nitrogens with one attached hydrogen (secondary N) is 1. The molecule has 2 rings (SSSR count). The molecular formula is C22H26ClN3O3. The van der Waals surface area contributed by atoms with Crippen molar-refractivity contribution in [1.29, 1.82) is 0 Å². The van der Waals surface area contributed by atoms with E-state index < -0.39 is 0 Å². The molecule has 154 valence electrons. The SMILES string of the molecule is CNC(=O)/C(=N/OC)C1=C(CO/N=C(C)/C=C(\C)c2ccc(Cl)cc2)C=CCC1. The summed E-state index contributed by atoms with van der Waals surface area (Å²) in [6, 6.07) is 7.63. The van der Waals surface area contributed by atoms with Gasteiger partial charge in [-0.2, -0.15) is 0 Å². The molecule has 0 atom stereocenters. The predicted molar refractivity (Wildman–Crippen MR) is 118 cm³/mol. The van der Waals surface area contributed by atoms with E-state index in [1.54, 1.807) is 7.05 Å². The van der Waals surface area contributed by atoms with E-state index >= 15 is 0 Å². The van der Waals surface area contributed by atoms with Crippen molar-refractivity contribution in [3.8, 4) is 0 Å². The number of hydrogen-bond donors (Lipinski definition) is 1. The van der Waals surface area contributed by atoms with Gasteiger partial charge in [0.1, 0.15) is 13.7 Å². The highest BCUT2D eigenvalue weighted by Crippen LogP contribution is 2.22. The van der Waals surface area contributed by atoms with Crippen LogP contribution in [0.5, 0.6) is 0 Å². The summed E-state index contributed by atoms with van der Waals surface area (Å²) in [5.74, 6) is -0.296. The molecular weight excluding hydrogens is 390 g/mol. The van der Waals surface area contributed by atoms with Crippen molar-refractivity contribution in [3.05, 3.63) is 64.2 Å². The Morgan fingerprint density at radius 3 is 2.62 bits per heavy atom. The monoisotopic (exact) mass is 415 g/mol. The Kier molecular flexibility index (Phi) is 8.68. The Morgan fingerprint density at radius 2 is 1.97 bits per heavy atom. The zero-order valence-electron chi connectivity index (χ0n) is 17.2. The third kappa shape index (κ3) is 6.61. The number of carbonyl (C=O) groups excluding carboxylic acids is 1. The summed E-state index contributed by atoms with van der Waals surface area (Å²) in [6.07, 6.45) is 7.43. The van der Waals surface area contributed by atoms with Gasteiger partial charge in [-0.05, 0) is 67.2 Å². The molecule has 0 saturated carbocycles. The minimum Gasteiger partial charge on any atom is -0.398 e. The summed E-state index contributed by atoms with van der Waals surface area (Å²) < 4.78 is 0. The van der Waals surface area contributed by atoms with Gasteiger partial charge in [-0.1, -0.05) is 46.2 Å². The first kappa shape index (κ1) is 22.4. The van der Waals surface area contributed by atoms with E-state index in [4.69, 9.17) is 21.3 Å². The van der Waals surface area contributed by atoms with Crippen LogP contribution in [-0.4, -0.2) is 38.1 Å². The normalized spacial score (nSPS) is 15.4. The maximum Gasteiger partial charge on any atom is 0.273 e. The van der Waals surface area contributed by atoms with Crippen LogP contribution in [0.3, 0.4) is 0 Å². The highest BCUT2D eigenvalue weighted by atomic mass is 35.5. The minimum atomic E-state index is -0.296. The topological polar surface area (TPSA) is 72.3 Å². The van der Waals surface area contributed by atoms with Crippen molar-refractivity contribution in [2.45, 2.75) is 26.7 Å². The van der Waals surface area contributed by atoms with Crippen LogP contribution in [0.4, 0.5) is 0 Å². The lowest BCUT2D eigenvalue weighted by atomic mass is 9.94. The van der Waals surface area contributed by atoms with Gasteiger partial charge in [0.15, 0.2) is 5.71 Å². The largest absolute Gasteiger partial charge is 0.398 e. The van der Waals surface area contributed by atoms with Crippen molar-refractivity contribution in [1.82, 2.24) is 5.32 Å². The van der Waals surface area contributed by atoms with Crippen molar-refractivity contribution in [3.63, 3.8) is 0 Å². The summed E-state index contributed by atoms with van der Waals surface area (Å²) in [6.45, 7) is 4.11. The molecule has 0 aromatic heterocycles. The molecule has 1 amide bonds. The lowest BCUT2D eigenvalue weighted by Gasteiger charge is -2.16. The molecule has 0 bridgehead atoms. The van der Waals surface area contributed by atoms with Crippen LogP contribution in [0.25, 0.3) is 5.57 Å². The van der Waals surface area contributed by atoms with E-state index in [2.05, 4.69) is 15.6 Å². The average Bonchev–Trinajstić information content (AvgIpc) is 2.72. The number of benzene rings is 1. The van der Waals surface area contributed by atoms with Crippen LogP contribution in [0, 0.1) is 0 Å². The number of rotatable bonds is 8. The Morgan fingerprint density at radius 1 is 1.24 bits per heavy atom. The average molecular weight is 416 g/mol. The van der Waals surface area contributed by atoms with Gasteiger partial charge in [0, 0.05) is 12.1 Å². The highest BCUT2D eigenvalue weighted by molar-refractivity contribution is 6.45. The molecule has 6 nitrogen and oxygen atoms in total. The fourth-order valence-corrected chi connectivity index (χ4v) is 3.03. The van der Waals surface area contributed by atoms with Crippen molar-refractivity contribution in [2.24, 2.45) is 10.3 Å². The molecule has 0 saturated heterocycles. The summed E-state index contributed by atoms with van der Waals surface area (Å²) in [7, 11) is 2.98. The summed E-state index contributed by atoms with van der Waals surface area (Å²) in [4.78, 5) is 22.5. The molecule has 0 unspecified atom stereocenters. The Labute approximate surface area is 176 Å². The van der Waals surface area contributed by atoms with Gasteiger partial charge in [0.05, 0.1) is 5.71 Å². The summed E-state index contributed by atoms with van der Waals surface area (Å²) in [5.41, 5.74) is 4.77. The number of nitrogens with zero attached hydrogens (tertiary/aromatic N) is 2. The molecule has 1 aliphatic rings. The lowest BCUT2D eigenvalue weighted by molar-refractivity contribution is -0.114. The second kappa shape index (κ2) is 11.2. The second-order valence-corrected chi connectivity index (χ2v) is 6.92. The standard InChI is InChI=1S/C22H26ClN3O3/c1-15(17-9-11-19(23)12-10-17)13-16(2)25-29-14-18-7-5-6-8-20(18)21(26-28-4)22(27)24-3/h5,7,9-13H,6,8,14H2,1-4H3,(H,24,27)/b15-13+,25-16+,26-21+. The number of halogens is 1. The maximum absolute atomic E-state index is 12.1. The summed E-state index contributed by atoms with van der Waals surface area (Å²) in [5, 5.41) is 11.4. The van der Waals surface area contributed by atoms with Gasteiger partial charge in [0.25, 0.3) is 5.91 Å². The van der Waals surface area contributed by atoms with Gasteiger partial charge >= 0.3 is 0 Å². The molecule has 7 heteroatoms. The number of amides is 1. The van der Waals surface area contributed by atoms with Crippen molar-refractivity contribution in [2.75, 3.05) is 20.8 Å². The molecule has 29 heavy (non-hydrogen) atoms. The van der Waals surface area contributed by atoms with E-state index in [0.717, 1.165) is 34.4 Å². The van der Waals surface area contributed by atoms with Gasteiger partial charge in [-0.15, -0.1) is 0 Å². The quantitative estimate of drug-likeness (QED) is 0.500. The van der Waals surface area contributed by atoms with Crippen LogP contribution >= 0.6 is 11.6 Å². The zero-order valence-corrected chi connectivity index (χ0v) is 17.9. The van der Waals surface area contributed by atoms with Gasteiger partial charge in [-0.25, -0.2) is 0 Å². The number of allylic oxidation sites excluding steroid dienone is 3. The predicted octanol–water partition coefficient (Wildman–Crippen LogP) is 4.53. The van der Waals surface area contributed by atoms with E-state index in [9.17, 15) is 4.79 Å². The second-order valence-electron chi connectivity index (χ2n) is 6.49. The first-order valence-corrected chi connectivity index (χ1v) is 9.67. The van der Waals surface area contributed by atoms with Crippen LogP contribution in [-0.2, 0) is 14.5 Å². The van der Waals surface area contributed by atoms with Crippen molar-refractivity contribution < 1.29 is 14.5 Å². The Hall–Kier alpha value is -2.86. The van der Waals surface area contributed by atoms with Crippen LogP contribution in [0.2, 0.25) is 5.02 Å².